The number of hydrogen-bond donors (Lipinski definition) is 2. The molecule has 2 bridgehead atoms. The highest BCUT2D eigenvalue weighted by atomic mass is 16.6. The average molecular weight is 638 g/mol. The van der Waals surface area contributed by atoms with E-state index < -0.39 is 47.7 Å². The van der Waals surface area contributed by atoms with Crippen LogP contribution in [0.4, 0.5) is 0 Å². The summed E-state index contributed by atoms with van der Waals surface area (Å²) in [7, 11) is 0. The van der Waals surface area contributed by atoms with Gasteiger partial charge in [0.2, 0.25) is 17.7 Å². The number of amides is 3. The summed E-state index contributed by atoms with van der Waals surface area (Å²) in [6.45, 7) is 14.0. The van der Waals surface area contributed by atoms with Crippen LogP contribution in [0.1, 0.15) is 83.8 Å². The number of allylic oxidation sites excluding steroid dienone is 1. The Labute approximate surface area is 273 Å². The number of hydrogen-bond acceptors (Lipinski definition) is 7. The van der Waals surface area contributed by atoms with Gasteiger partial charge in [-0.2, -0.15) is 0 Å². The zero-order valence-electron chi connectivity index (χ0n) is 27.6. The number of rotatable bonds is 18. The van der Waals surface area contributed by atoms with Gasteiger partial charge in [0.05, 0.1) is 24.0 Å². The van der Waals surface area contributed by atoms with Crippen molar-refractivity contribution in [3.63, 3.8) is 0 Å². The number of nitrogens with zero attached hydrogens (tertiary/aromatic N) is 2. The topological polar surface area (TPSA) is 125 Å². The van der Waals surface area contributed by atoms with E-state index in [-0.39, 0.29) is 36.8 Å². The first-order valence-electron chi connectivity index (χ1n) is 16.8. The second-order valence-corrected chi connectivity index (χ2v) is 13.1. The third kappa shape index (κ3) is 7.23. The molecule has 10 heteroatoms. The molecule has 0 radical (unpaired) electrons. The number of fused-ring (bicyclic) bond motifs is 1. The monoisotopic (exact) mass is 637 g/mol. The van der Waals surface area contributed by atoms with E-state index in [1.807, 2.05) is 44.2 Å². The minimum Gasteiger partial charge on any atom is -0.455 e. The number of benzene rings is 1. The number of ether oxygens (including phenoxy) is 2. The van der Waals surface area contributed by atoms with E-state index >= 15 is 0 Å². The number of aliphatic hydroxyl groups excluding tert-OH is 1. The third-order valence-electron chi connectivity index (χ3n) is 9.64. The maximum atomic E-state index is 14.3. The number of aliphatic hydroxyl groups is 1. The van der Waals surface area contributed by atoms with E-state index in [2.05, 4.69) is 18.5 Å². The molecule has 1 aromatic rings. The second kappa shape index (κ2) is 15.9. The van der Waals surface area contributed by atoms with Gasteiger partial charge in [0.1, 0.15) is 17.7 Å². The fourth-order valence-electron chi connectivity index (χ4n) is 7.48. The first kappa shape index (κ1) is 35.4. The van der Waals surface area contributed by atoms with Crippen LogP contribution in [-0.4, -0.2) is 88.1 Å². The van der Waals surface area contributed by atoms with E-state index in [0.717, 1.165) is 18.4 Å². The maximum absolute atomic E-state index is 14.3. The van der Waals surface area contributed by atoms with Crippen LogP contribution in [0.2, 0.25) is 0 Å². The lowest BCUT2D eigenvalue weighted by atomic mass is 9.70. The number of carbonyl (C=O) groups excluding carboxylic acids is 4. The molecule has 0 saturated carbocycles. The fourth-order valence-corrected chi connectivity index (χ4v) is 7.48. The highest BCUT2D eigenvalue weighted by Gasteiger charge is 2.75. The molecule has 2 N–H and O–H groups in total. The highest BCUT2D eigenvalue weighted by molar-refractivity contribution is 5.98. The molecule has 3 aliphatic rings. The van der Waals surface area contributed by atoms with Crippen molar-refractivity contribution in [1.82, 2.24) is 15.1 Å². The van der Waals surface area contributed by atoms with Crippen LogP contribution in [0.5, 0.6) is 0 Å². The second-order valence-electron chi connectivity index (χ2n) is 13.1. The van der Waals surface area contributed by atoms with Gasteiger partial charge in [0.25, 0.3) is 0 Å². The van der Waals surface area contributed by atoms with Crippen LogP contribution in [0, 0.1) is 11.8 Å². The molecular weight excluding hydrogens is 586 g/mol. The van der Waals surface area contributed by atoms with Crippen LogP contribution in [-0.2, 0) is 28.7 Å². The molecule has 46 heavy (non-hydrogen) atoms. The van der Waals surface area contributed by atoms with Gasteiger partial charge in [-0.05, 0) is 58.4 Å². The Morgan fingerprint density at radius 1 is 1.13 bits per heavy atom. The van der Waals surface area contributed by atoms with Crippen LogP contribution in [0.25, 0.3) is 0 Å². The quantitative estimate of drug-likeness (QED) is 0.141. The summed E-state index contributed by atoms with van der Waals surface area (Å²) in [5.41, 5.74) is -0.409. The summed E-state index contributed by atoms with van der Waals surface area (Å²) in [5, 5.41) is 12.2. The third-order valence-corrected chi connectivity index (χ3v) is 9.64. The number of esters is 1. The molecule has 0 unspecified atom stereocenters. The number of likely N-dealkylation sites (tertiary alicyclic amines) is 1. The largest absolute Gasteiger partial charge is 0.455 e. The summed E-state index contributed by atoms with van der Waals surface area (Å²) in [4.78, 5) is 58.8. The molecule has 7 atom stereocenters. The standard InChI is InChI=1S/C36H51N3O7/c1-6-8-18-28(41)37-25(5)31(26-16-12-11-13-17-26)45-35(44)29-27-19-20-36(46-27)30(29)33(42)39(22-14-9-10-15-23-40)32(36)34(43)38(21-7-2)24(3)4/h6-7,11-13,16-17,24-25,27,29-32,40H,1-2,8-10,14-15,18-23H2,3-5H3,(H,37,41)/t25-,27-,29+,30+,31-,32-,36+/m1/s1. The predicted molar refractivity (Wildman–Crippen MR) is 174 cm³/mol. The van der Waals surface area contributed by atoms with Gasteiger partial charge < -0.3 is 29.7 Å². The SMILES string of the molecule is C=CCCC(=O)N[C@H](C)[C@@H](OC(=O)[C@@H]1[C@H]2C(=O)N(CCCCCCO)[C@H](C(=O)N(CC=C)C(C)C)[C@]23CC[C@H]1O3)c1ccccc1. The molecule has 3 saturated heterocycles. The summed E-state index contributed by atoms with van der Waals surface area (Å²) < 4.78 is 12.8. The van der Waals surface area contributed by atoms with Crippen molar-refractivity contribution in [2.45, 2.75) is 108 Å². The molecule has 3 heterocycles. The Hall–Kier alpha value is -3.50. The highest BCUT2D eigenvalue weighted by Crippen LogP contribution is 2.59. The summed E-state index contributed by atoms with van der Waals surface area (Å²) >= 11 is 0. The van der Waals surface area contributed by atoms with E-state index in [4.69, 9.17) is 9.47 Å². The number of nitrogens with one attached hydrogen (secondary N) is 1. The van der Waals surface area contributed by atoms with Gasteiger partial charge in [-0.1, -0.05) is 55.3 Å². The molecular formula is C36H51N3O7. The normalized spacial score (nSPS) is 26.0. The Kier molecular flexibility index (Phi) is 12.2. The van der Waals surface area contributed by atoms with E-state index in [0.29, 0.717) is 45.2 Å². The average Bonchev–Trinajstić information content (AvgIpc) is 3.68. The van der Waals surface area contributed by atoms with Crippen molar-refractivity contribution in [2.24, 2.45) is 11.8 Å². The molecule has 3 aliphatic heterocycles. The Bertz CT molecular complexity index is 1250. The minimum absolute atomic E-state index is 0.111. The maximum Gasteiger partial charge on any atom is 0.313 e. The molecule has 10 nitrogen and oxygen atoms in total. The first-order valence-corrected chi connectivity index (χ1v) is 16.8. The van der Waals surface area contributed by atoms with Crippen molar-refractivity contribution in [3.05, 3.63) is 61.2 Å². The Morgan fingerprint density at radius 3 is 2.50 bits per heavy atom. The first-order chi connectivity index (χ1) is 22.1. The molecule has 3 fully saturated rings. The number of carbonyl (C=O) groups is 4. The molecule has 0 aromatic heterocycles. The lowest BCUT2D eigenvalue weighted by Gasteiger charge is -2.38. The van der Waals surface area contributed by atoms with Crippen LogP contribution in [0.15, 0.2) is 55.6 Å². The molecule has 1 spiro atoms. The zero-order chi connectivity index (χ0) is 33.4. The molecule has 4 rings (SSSR count). The smallest absolute Gasteiger partial charge is 0.313 e. The summed E-state index contributed by atoms with van der Waals surface area (Å²) in [5.74, 6) is -2.92. The van der Waals surface area contributed by atoms with Crippen LogP contribution in [0.3, 0.4) is 0 Å². The van der Waals surface area contributed by atoms with Crippen LogP contribution < -0.4 is 5.32 Å². The van der Waals surface area contributed by atoms with Gasteiger partial charge in [-0.15, -0.1) is 13.2 Å². The van der Waals surface area contributed by atoms with Crippen molar-refractivity contribution >= 4 is 23.7 Å². The molecule has 0 aliphatic carbocycles. The minimum atomic E-state index is -1.13. The van der Waals surface area contributed by atoms with Crippen molar-refractivity contribution < 1.29 is 33.8 Å². The zero-order valence-corrected chi connectivity index (χ0v) is 27.6. The Balaban J connectivity index is 1.63. The van der Waals surface area contributed by atoms with Gasteiger partial charge >= 0.3 is 5.97 Å². The summed E-state index contributed by atoms with van der Waals surface area (Å²) in [6.07, 6.45) is 6.79. The van der Waals surface area contributed by atoms with Crippen molar-refractivity contribution in [1.29, 1.82) is 0 Å². The molecule has 252 valence electrons. The van der Waals surface area contributed by atoms with Gasteiger partial charge in [0.15, 0.2) is 0 Å². The van der Waals surface area contributed by atoms with Crippen molar-refractivity contribution in [3.8, 4) is 0 Å². The van der Waals surface area contributed by atoms with E-state index in [1.165, 1.54) is 0 Å². The predicted octanol–water partition coefficient (Wildman–Crippen LogP) is 4.09. The number of unbranched alkanes of at least 4 members (excludes halogenated alkanes) is 3. The lowest BCUT2D eigenvalue weighted by Crippen LogP contribution is -2.57. The lowest BCUT2D eigenvalue weighted by molar-refractivity contribution is -0.162. The fraction of sp³-hybridized carbons (Fsp3) is 0.611. The van der Waals surface area contributed by atoms with E-state index in [1.54, 1.807) is 28.9 Å². The van der Waals surface area contributed by atoms with Gasteiger partial charge in [-0.25, -0.2) is 0 Å². The van der Waals surface area contributed by atoms with Gasteiger partial charge in [-0.3, -0.25) is 19.2 Å². The molecule has 1 aromatic carbocycles. The molecule has 3 amide bonds. The van der Waals surface area contributed by atoms with Gasteiger partial charge in [0, 0.05) is 32.2 Å². The van der Waals surface area contributed by atoms with Crippen molar-refractivity contribution in [2.75, 3.05) is 19.7 Å². The van der Waals surface area contributed by atoms with Crippen LogP contribution >= 0.6 is 0 Å². The Morgan fingerprint density at radius 2 is 1.85 bits per heavy atom. The summed E-state index contributed by atoms with van der Waals surface area (Å²) in [6, 6.07) is 7.71. The van der Waals surface area contributed by atoms with E-state index in [9.17, 15) is 24.3 Å².